The summed E-state index contributed by atoms with van der Waals surface area (Å²) in [5.74, 6) is 0.292. The molecule has 0 unspecified atom stereocenters. The van der Waals surface area contributed by atoms with Crippen LogP contribution in [-0.4, -0.2) is 28.8 Å². The fourth-order valence-electron chi connectivity index (χ4n) is 4.16. The van der Waals surface area contributed by atoms with E-state index in [1.807, 2.05) is 6.07 Å². The Labute approximate surface area is 158 Å². The molecule has 1 fully saturated rings. The molecule has 1 aliphatic carbocycles. The highest BCUT2D eigenvalue weighted by atomic mass is 35.5. The van der Waals surface area contributed by atoms with Gasteiger partial charge >= 0.3 is 0 Å². The first kappa shape index (κ1) is 17.4. The van der Waals surface area contributed by atoms with Crippen molar-refractivity contribution >= 4 is 17.5 Å². The smallest absolute Gasteiger partial charge is 0.273 e. The number of hydrogen-bond donors (Lipinski definition) is 1. The van der Waals surface area contributed by atoms with Crippen molar-refractivity contribution in [2.24, 2.45) is 0 Å². The first-order valence-electron chi connectivity index (χ1n) is 9.42. The molecular weight excluding hydrogens is 350 g/mol. The number of nitrogens with one attached hydrogen (secondary N) is 1. The Morgan fingerprint density at radius 1 is 1.19 bits per heavy atom. The molecule has 2 heterocycles. The lowest BCUT2D eigenvalue weighted by Gasteiger charge is -2.38. The van der Waals surface area contributed by atoms with Crippen LogP contribution in [0.5, 0.6) is 5.88 Å². The summed E-state index contributed by atoms with van der Waals surface area (Å²) in [7, 11) is 0. The molecule has 5 nitrogen and oxygen atoms in total. The zero-order valence-electron chi connectivity index (χ0n) is 14.8. The quantitative estimate of drug-likeness (QED) is 0.882. The van der Waals surface area contributed by atoms with E-state index in [2.05, 4.69) is 34.7 Å². The molecule has 0 spiro atoms. The van der Waals surface area contributed by atoms with E-state index in [0.717, 1.165) is 25.8 Å². The molecule has 0 radical (unpaired) electrons. The number of amides is 1. The highest BCUT2D eigenvalue weighted by molar-refractivity contribution is 6.34. The van der Waals surface area contributed by atoms with Crippen LogP contribution in [-0.2, 0) is 12.0 Å². The third-order valence-corrected chi connectivity index (χ3v) is 5.94. The second kappa shape index (κ2) is 7.31. The highest BCUT2D eigenvalue weighted by Gasteiger charge is 2.35. The molecule has 0 saturated heterocycles. The maximum atomic E-state index is 12.8. The zero-order chi connectivity index (χ0) is 18.0. The van der Waals surface area contributed by atoms with Crippen molar-refractivity contribution in [2.45, 2.75) is 50.5 Å². The van der Waals surface area contributed by atoms with Crippen LogP contribution in [0.15, 0.2) is 30.3 Å². The summed E-state index contributed by atoms with van der Waals surface area (Å²) in [6.07, 6.45) is 6.71. The fraction of sp³-hybridized carbons (Fsp3) is 0.500. The lowest BCUT2D eigenvalue weighted by atomic mass is 9.69. The van der Waals surface area contributed by atoms with Crippen molar-refractivity contribution in [3.63, 3.8) is 0 Å². The normalized spacial score (nSPS) is 18.7. The number of rotatable bonds is 4. The number of halogens is 1. The standard InChI is InChI=1S/C20H24ClN3O2/c21-16-17(23-24-12-7-13-26-19(16)24)18(25)22-14-20(10-5-2-6-11-20)15-8-3-1-4-9-15/h1,3-4,8-9H,2,5-7,10-14H2,(H,22,25). The van der Waals surface area contributed by atoms with E-state index in [9.17, 15) is 4.79 Å². The first-order valence-corrected chi connectivity index (χ1v) is 9.80. The molecule has 1 saturated carbocycles. The molecule has 1 aromatic heterocycles. The number of carbonyl (C=O) groups is 1. The zero-order valence-corrected chi connectivity index (χ0v) is 15.6. The molecule has 1 amide bonds. The molecule has 0 atom stereocenters. The highest BCUT2D eigenvalue weighted by Crippen LogP contribution is 2.39. The van der Waals surface area contributed by atoms with E-state index in [1.54, 1.807) is 4.68 Å². The van der Waals surface area contributed by atoms with Gasteiger partial charge in [0, 0.05) is 24.9 Å². The number of hydrogen-bond acceptors (Lipinski definition) is 3. The van der Waals surface area contributed by atoms with Gasteiger partial charge < -0.3 is 10.1 Å². The minimum absolute atomic E-state index is 0.00248. The third-order valence-electron chi connectivity index (χ3n) is 5.60. The maximum Gasteiger partial charge on any atom is 0.273 e. The number of benzene rings is 1. The lowest BCUT2D eigenvalue weighted by Crippen LogP contribution is -2.42. The summed E-state index contributed by atoms with van der Waals surface area (Å²) >= 11 is 6.34. The monoisotopic (exact) mass is 373 g/mol. The van der Waals surface area contributed by atoms with Crippen LogP contribution < -0.4 is 10.1 Å². The summed E-state index contributed by atoms with van der Waals surface area (Å²) in [5.41, 5.74) is 1.57. The molecule has 6 heteroatoms. The van der Waals surface area contributed by atoms with E-state index in [-0.39, 0.29) is 17.0 Å². The Bertz CT molecular complexity index is 782. The van der Waals surface area contributed by atoms with E-state index >= 15 is 0 Å². The number of ether oxygens (including phenoxy) is 1. The van der Waals surface area contributed by atoms with Crippen molar-refractivity contribution in [3.05, 3.63) is 46.6 Å². The number of aromatic nitrogens is 2. The van der Waals surface area contributed by atoms with Crippen LogP contribution in [0.3, 0.4) is 0 Å². The maximum absolute atomic E-state index is 12.8. The van der Waals surface area contributed by atoms with Gasteiger partial charge in [0.1, 0.15) is 5.02 Å². The molecular formula is C20H24ClN3O2. The summed E-state index contributed by atoms with van der Waals surface area (Å²) in [6.45, 7) is 1.95. The Morgan fingerprint density at radius 2 is 1.96 bits per heavy atom. The minimum Gasteiger partial charge on any atom is -0.477 e. The number of aryl methyl sites for hydroxylation is 1. The van der Waals surface area contributed by atoms with Crippen LogP contribution in [0.1, 0.15) is 54.6 Å². The molecule has 4 rings (SSSR count). The van der Waals surface area contributed by atoms with Gasteiger partial charge in [-0.15, -0.1) is 0 Å². The van der Waals surface area contributed by atoms with Gasteiger partial charge in [-0.2, -0.15) is 5.10 Å². The molecule has 2 aliphatic rings. The molecule has 1 aromatic carbocycles. The van der Waals surface area contributed by atoms with Crippen LogP contribution >= 0.6 is 11.6 Å². The lowest BCUT2D eigenvalue weighted by molar-refractivity contribution is 0.0931. The minimum atomic E-state index is -0.221. The number of carbonyl (C=O) groups excluding carboxylic acids is 1. The topological polar surface area (TPSA) is 56.2 Å². The predicted octanol–water partition coefficient (Wildman–Crippen LogP) is 3.95. The van der Waals surface area contributed by atoms with Crippen molar-refractivity contribution in [1.82, 2.24) is 15.1 Å². The Balaban J connectivity index is 1.53. The van der Waals surface area contributed by atoms with Gasteiger partial charge in [0.15, 0.2) is 5.69 Å². The summed E-state index contributed by atoms with van der Waals surface area (Å²) in [4.78, 5) is 12.8. The number of nitrogens with zero attached hydrogens (tertiary/aromatic N) is 2. The van der Waals surface area contributed by atoms with Crippen molar-refractivity contribution in [2.75, 3.05) is 13.2 Å². The third kappa shape index (κ3) is 3.20. The van der Waals surface area contributed by atoms with Crippen LogP contribution in [0.2, 0.25) is 5.02 Å². The average molecular weight is 374 g/mol. The van der Waals surface area contributed by atoms with E-state index in [0.29, 0.717) is 24.1 Å². The van der Waals surface area contributed by atoms with E-state index < -0.39 is 0 Å². The Kier molecular flexibility index (Phi) is 4.90. The van der Waals surface area contributed by atoms with Gasteiger partial charge in [-0.3, -0.25) is 4.79 Å². The predicted molar refractivity (Wildman–Crippen MR) is 101 cm³/mol. The SMILES string of the molecule is O=C(NCC1(c2ccccc2)CCCCC1)c1nn2c(c1Cl)OCCC2. The largest absolute Gasteiger partial charge is 0.477 e. The van der Waals surface area contributed by atoms with Gasteiger partial charge in [-0.1, -0.05) is 61.2 Å². The van der Waals surface area contributed by atoms with E-state index in [1.165, 1.54) is 24.8 Å². The molecule has 26 heavy (non-hydrogen) atoms. The molecule has 1 N–H and O–H groups in total. The Morgan fingerprint density at radius 3 is 2.69 bits per heavy atom. The average Bonchev–Trinajstić information content (AvgIpc) is 3.05. The molecule has 2 aromatic rings. The summed E-state index contributed by atoms with van der Waals surface area (Å²) in [6, 6.07) is 10.5. The van der Waals surface area contributed by atoms with Gasteiger partial charge in [0.25, 0.3) is 5.91 Å². The van der Waals surface area contributed by atoms with Gasteiger partial charge in [0.2, 0.25) is 5.88 Å². The molecule has 1 aliphatic heterocycles. The first-order chi connectivity index (χ1) is 12.7. The van der Waals surface area contributed by atoms with Crippen LogP contribution in [0.4, 0.5) is 0 Å². The van der Waals surface area contributed by atoms with Crippen molar-refractivity contribution in [1.29, 1.82) is 0 Å². The van der Waals surface area contributed by atoms with Crippen LogP contribution in [0.25, 0.3) is 0 Å². The molecule has 0 bridgehead atoms. The van der Waals surface area contributed by atoms with Crippen molar-refractivity contribution in [3.8, 4) is 5.88 Å². The Hall–Kier alpha value is -2.01. The summed E-state index contributed by atoms with van der Waals surface area (Å²) < 4.78 is 7.25. The molecule has 138 valence electrons. The van der Waals surface area contributed by atoms with Crippen molar-refractivity contribution < 1.29 is 9.53 Å². The second-order valence-corrected chi connectivity index (χ2v) is 7.66. The number of fused-ring (bicyclic) bond motifs is 1. The second-order valence-electron chi connectivity index (χ2n) is 7.28. The van der Waals surface area contributed by atoms with Crippen LogP contribution in [0, 0.1) is 0 Å². The summed E-state index contributed by atoms with van der Waals surface area (Å²) in [5, 5.41) is 7.78. The van der Waals surface area contributed by atoms with Gasteiger partial charge in [-0.25, -0.2) is 4.68 Å². The fourth-order valence-corrected chi connectivity index (χ4v) is 4.44. The van der Waals surface area contributed by atoms with Gasteiger partial charge in [-0.05, 0) is 18.4 Å². The van der Waals surface area contributed by atoms with E-state index in [4.69, 9.17) is 16.3 Å². The van der Waals surface area contributed by atoms with Gasteiger partial charge in [0.05, 0.1) is 6.61 Å².